The van der Waals surface area contributed by atoms with Crippen molar-refractivity contribution >= 4 is 50.7 Å². The molecular formula is C20H20N4O2S2. The molecule has 1 saturated heterocycles. The second kappa shape index (κ2) is 8.28. The first-order valence-electron chi connectivity index (χ1n) is 9.06. The molecule has 0 atom stereocenters. The van der Waals surface area contributed by atoms with Crippen LogP contribution in [0.15, 0.2) is 47.1 Å². The van der Waals surface area contributed by atoms with E-state index in [-0.39, 0.29) is 11.7 Å². The van der Waals surface area contributed by atoms with E-state index in [2.05, 4.69) is 14.9 Å². The first kappa shape index (κ1) is 18.9. The zero-order valence-electron chi connectivity index (χ0n) is 15.5. The number of amides is 1. The first-order chi connectivity index (χ1) is 13.6. The molecule has 0 saturated carbocycles. The summed E-state index contributed by atoms with van der Waals surface area (Å²) in [7, 11) is 0. The van der Waals surface area contributed by atoms with Crippen LogP contribution in [0.1, 0.15) is 17.3 Å². The van der Waals surface area contributed by atoms with Crippen molar-refractivity contribution in [3.63, 3.8) is 0 Å². The molecule has 1 aliphatic heterocycles. The van der Waals surface area contributed by atoms with E-state index in [1.54, 1.807) is 24.6 Å². The van der Waals surface area contributed by atoms with Crippen molar-refractivity contribution in [1.29, 1.82) is 0 Å². The number of thiophene rings is 1. The molecule has 4 rings (SSSR count). The van der Waals surface area contributed by atoms with E-state index in [0.29, 0.717) is 18.8 Å². The zero-order valence-corrected chi connectivity index (χ0v) is 17.1. The van der Waals surface area contributed by atoms with Gasteiger partial charge in [-0.05, 0) is 42.6 Å². The Morgan fingerprint density at radius 2 is 1.82 bits per heavy atom. The van der Waals surface area contributed by atoms with E-state index >= 15 is 0 Å². The number of carbonyl (C=O) groups is 2. The number of piperazine rings is 1. The highest BCUT2D eigenvalue weighted by Gasteiger charge is 2.22. The van der Waals surface area contributed by atoms with Gasteiger partial charge in [-0.2, -0.15) is 0 Å². The fourth-order valence-corrected chi connectivity index (χ4v) is 4.91. The lowest BCUT2D eigenvalue weighted by molar-refractivity contribution is -0.128. The fraction of sp³-hybridized carbons (Fsp3) is 0.300. The Bertz CT molecular complexity index is 995. The lowest BCUT2D eigenvalue weighted by Crippen LogP contribution is -2.49. The summed E-state index contributed by atoms with van der Waals surface area (Å²) in [4.78, 5) is 37.7. The van der Waals surface area contributed by atoms with E-state index in [4.69, 9.17) is 0 Å². The van der Waals surface area contributed by atoms with E-state index in [0.717, 1.165) is 39.6 Å². The molecule has 1 aromatic carbocycles. The standard InChI is InChI=1S/C20H20N4O2S2/c1-14(25)15-2-4-16(5-3-15)23-7-9-24(10-8-23)18(26)12-28-20-17-6-11-27-19(17)21-13-22-20/h2-6,11,13H,7-10,12H2,1H3. The lowest BCUT2D eigenvalue weighted by Gasteiger charge is -2.36. The fourth-order valence-electron chi connectivity index (χ4n) is 3.22. The second-order valence-electron chi connectivity index (χ2n) is 6.58. The molecular weight excluding hydrogens is 392 g/mol. The molecule has 1 fully saturated rings. The van der Waals surface area contributed by atoms with Crippen molar-refractivity contribution in [2.24, 2.45) is 0 Å². The van der Waals surface area contributed by atoms with Gasteiger partial charge in [0.1, 0.15) is 16.2 Å². The summed E-state index contributed by atoms with van der Waals surface area (Å²) in [6, 6.07) is 9.68. The van der Waals surface area contributed by atoms with Gasteiger partial charge in [0.25, 0.3) is 0 Å². The van der Waals surface area contributed by atoms with Crippen LogP contribution in [0, 0.1) is 0 Å². The Kier molecular flexibility index (Phi) is 5.59. The number of thioether (sulfide) groups is 1. The molecule has 144 valence electrons. The Morgan fingerprint density at radius 3 is 2.54 bits per heavy atom. The topological polar surface area (TPSA) is 66.4 Å². The van der Waals surface area contributed by atoms with Crippen molar-refractivity contribution in [3.05, 3.63) is 47.6 Å². The Labute approximate surface area is 171 Å². The van der Waals surface area contributed by atoms with Crippen molar-refractivity contribution in [1.82, 2.24) is 14.9 Å². The van der Waals surface area contributed by atoms with Gasteiger partial charge in [-0.3, -0.25) is 9.59 Å². The predicted octanol–water partition coefficient (Wildman–Crippen LogP) is 3.33. The highest BCUT2D eigenvalue weighted by molar-refractivity contribution is 8.00. The SMILES string of the molecule is CC(=O)c1ccc(N2CCN(C(=O)CSc3ncnc4sccc34)CC2)cc1. The number of anilines is 1. The van der Waals surface area contributed by atoms with Crippen molar-refractivity contribution in [3.8, 4) is 0 Å². The van der Waals surface area contributed by atoms with Crippen LogP contribution in [0.2, 0.25) is 0 Å². The summed E-state index contributed by atoms with van der Waals surface area (Å²) in [6.45, 7) is 4.55. The number of rotatable bonds is 5. The van der Waals surface area contributed by atoms with Crippen LogP contribution in [0.25, 0.3) is 10.2 Å². The number of carbonyl (C=O) groups excluding carboxylic acids is 2. The van der Waals surface area contributed by atoms with Crippen LogP contribution in [0.5, 0.6) is 0 Å². The van der Waals surface area contributed by atoms with E-state index in [1.165, 1.54) is 11.8 Å². The van der Waals surface area contributed by atoms with Crippen LogP contribution in [0.4, 0.5) is 5.69 Å². The summed E-state index contributed by atoms with van der Waals surface area (Å²) in [5, 5.41) is 3.88. The average molecular weight is 413 g/mol. The number of hydrogen-bond donors (Lipinski definition) is 0. The minimum Gasteiger partial charge on any atom is -0.368 e. The maximum atomic E-state index is 12.6. The molecule has 0 spiro atoms. The molecule has 6 nitrogen and oxygen atoms in total. The van der Waals surface area contributed by atoms with E-state index < -0.39 is 0 Å². The maximum Gasteiger partial charge on any atom is 0.233 e. The third-order valence-corrected chi connectivity index (χ3v) is 6.64. The Balaban J connectivity index is 1.31. The van der Waals surface area contributed by atoms with Crippen LogP contribution < -0.4 is 4.90 Å². The van der Waals surface area contributed by atoms with Crippen LogP contribution in [-0.4, -0.2) is 58.5 Å². The van der Waals surface area contributed by atoms with Gasteiger partial charge in [0, 0.05) is 42.8 Å². The number of fused-ring (bicyclic) bond motifs is 1. The molecule has 0 radical (unpaired) electrons. The van der Waals surface area contributed by atoms with Gasteiger partial charge in [-0.15, -0.1) is 11.3 Å². The van der Waals surface area contributed by atoms with Gasteiger partial charge in [0.15, 0.2) is 5.78 Å². The minimum absolute atomic E-state index is 0.0721. The molecule has 3 heterocycles. The lowest BCUT2D eigenvalue weighted by atomic mass is 10.1. The van der Waals surface area contributed by atoms with E-state index in [9.17, 15) is 9.59 Å². The molecule has 2 aromatic heterocycles. The summed E-state index contributed by atoms with van der Waals surface area (Å²) in [5.41, 5.74) is 1.81. The van der Waals surface area contributed by atoms with Gasteiger partial charge in [0.05, 0.1) is 5.75 Å². The molecule has 3 aromatic rings. The highest BCUT2D eigenvalue weighted by Crippen LogP contribution is 2.28. The number of hydrogen-bond acceptors (Lipinski definition) is 7. The number of Topliss-reactive ketones (excluding diaryl/α,β-unsaturated/α-hetero) is 1. The molecule has 1 amide bonds. The van der Waals surface area contributed by atoms with Crippen molar-refractivity contribution in [2.45, 2.75) is 11.9 Å². The van der Waals surface area contributed by atoms with Gasteiger partial charge >= 0.3 is 0 Å². The largest absolute Gasteiger partial charge is 0.368 e. The van der Waals surface area contributed by atoms with Crippen molar-refractivity contribution < 1.29 is 9.59 Å². The van der Waals surface area contributed by atoms with Gasteiger partial charge in [-0.1, -0.05) is 11.8 Å². The molecule has 0 N–H and O–H groups in total. The molecule has 8 heteroatoms. The summed E-state index contributed by atoms with van der Waals surface area (Å²) >= 11 is 3.06. The average Bonchev–Trinajstić information content (AvgIpc) is 3.21. The zero-order chi connectivity index (χ0) is 19.5. The van der Waals surface area contributed by atoms with Gasteiger partial charge in [-0.25, -0.2) is 9.97 Å². The van der Waals surface area contributed by atoms with Crippen LogP contribution >= 0.6 is 23.1 Å². The summed E-state index contributed by atoms with van der Waals surface area (Å²) in [5.74, 6) is 0.594. The number of aromatic nitrogens is 2. The molecule has 0 unspecified atom stereocenters. The normalized spacial score (nSPS) is 14.5. The second-order valence-corrected chi connectivity index (χ2v) is 8.44. The number of benzene rings is 1. The Hall–Kier alpha value is -2.45. The number of ketones is 1. The predicted molar refractivity (Wildman–Crippen MR) is 113 cm³/mol. The highest BCUT2D eigenvalue weighted by atomic mass is 32.2. The first-order valence-corrected chi connectivity index (χ1v) is 10.9. The third-order valence-electron chi connectivity index (χ3n) is 4.83. The molecule has 0 bridgehead atoms. The summed E-state index contributed by atoms with van der Waals surface area (Å²) in [6.07, 6.45) is 1.56. The molecule has 0 aliphatic carbocycles. The maximum absolute atomic E-state index is 12.6. The van der Waals surface area contributed by atoms with Gasteiger partial charge in [0.2, 0.25) is 5.91 Å². The third kappa shape index (κ3) is 4.02. The van der Waals surface area contributed by atoms with Crippen LogP contribution in [-0.2, 0) is 4.79 Å². The minimum atomic E-state index is 0.0721. The van der Waals surface area contributed by atoms with Gasteiger partial charge < -0.3 is 9.80 Å². The Morgan fingerprint density at radius 1 is 1.07 bits per heavy atom. The van der Waals surface area contributed by atoms with Crippen LogP contribution in [0.3, 0.4) is 0 Å². The quantitative estimate of drug-likeness (QED) is 0.364. The monoisotopic (exact) mass is 412 g/mol. The smallest absolute Gasteiger partial charge is 0.233 e. The summed E-state index contributed by atoms with van der Waals surface area (Å²) < 4.78 is 0. The van der Waals surface area contributed by atoms with Crippen molar-refractivity contribution in [2.75, 3.05) is 36.8 Å². The molecule has 28 heavy (non-hydrogen) atoms. The van der Waals surface area contributed by atoms with E-state index in [1.807, 2.05) is 40.6 Å². The number of nitrogens with zero attached hydrogens (tertiary/aromatic N) is 4. The molecule has 1 aliphatic rings.